The van der Waals surface area contributed by atoms with Crippen LogP contribution in [-0.2, 0) is 10.0 Å². The summed E-state index contributed by atoms with van der Waals surface area (Å²) in [5, 5.41) is 0.155. The monoisotopic (exact) mass is 296 g/mol. The van der Waals surface area contributed by atoms with Crippen LogP contribution in [0.3, 0.4) is 0 Å². The molecule has 1 aromatic heterocycles. The van der Waals surface area contributed by atoms with Gasteiger partial charge in [0.1, 0.15) is 4.90 Å². The van der Waals surface area contributed by atoms with E-state index in [4.69, 9.17) is 11.6 Å². The van der Waals surface area contributed by atoms with E-state index in [1.165, 1.54) is 18.5 Å². The van der Waals surface area contributed by atoms with E-state index in [9.17, 15) is 8.42 Å². The van der Waals surface area contributed by atoms with E-state index < -0.39 is 10.0 Å². The third-order valence-electron chi connectivity index (χ3n) is 2.66. The Hall–Kier alpha value is -1.43. The summed E-state index contributed by atoms with van der Waals surface area (Å²) in [5.74, 6) is 0. The maximum absolute atomic E-state index is 12.2. The Morgan fingerprint density at radius 2 is 1.89 bits per heavy atom. The van der Waals surface area contributed by atoms with Crippen molar-refractivity contribution in [3.8, 4) is 0 Å². The molecule has 19 heavy (non-hydrogen) atoms. The van der Waals surface area contributed by atoms with Gasteiger partial charge in [-0.05, 0) is 18.6 Å². The molecule has 2 aromatic rings. The number of hydrogen-bond acceptors (Lipinski definition) is 3. The zero-order valence-corrected chi connectivity index (χ0v) is 11.8. The fraction of sp³-hybridized carbons (Fsp3) is 0.154. The van der Waals surface area contributed by atoms with E-state index in [-0.39, 0.29) is 16.0 Å². The number of nitrogens with zero attached hydrogens (tertiary/aromatic N) is 1. The lowest BCUT2D eigenvalue weighted by atomic mass is 10.1. The van der Waals surface area contributed by atoms with E-state index in [2.05, 4.69) is 9.71 Å². The van der Waals surface area contributed by atoms with E-state index in [0.717, 1.165) is 5.56 Å². The summed E-state index contributed by atoms with van der Waals surface area (Å²) >= 11 is 5.88. The third-order valence-corrected chi connectivity index (χ3v) is 4.66. The van der Waals surface area contributed by atoms with Crippen LogP contribution in [0, 0.1) is 0 Å². The molecule has 0 unspecified atom stereocenters. The highest BCUT2D eigenvalue weighted by Gasteiger charge is 2.21. The highest BCUT2D eigenvalue weighted by atomic mass is 35.5. The van der Waals surface area contributed by atoms with Crippen molar-refractivity contribution in [1.82, 2.24) is 9.71 Å². The Morgan fingerprint density at radius 3 is 2.53 bits per heavy atom. The summed E-state index contributed by atoms with van der Waals surface area (Å²) in [4.78, 5) is 3.77. The predicted octanol–water partition coefficient (Wildman–Crippen LogP) is 2.77. The molecule has 1 N–H and O–H groups in total. The molecule has 2 rings (SSSR count). The van der Waals surface area contributed by atoms with Gasteiger partial charge in [0.2, 0.25) is 10.0 Å². The Bertz CT molecular complexity index is 659. The van der Waals surface area contributed by atoms with Gasteiger partial charge in [0, 0.05) is 18.4 Å². The normalized spacial score (nSPS) is 13.2. The van der Waals surface area contributed by atoms with Gasteiger partial charge in [-0.2, -0.15) is 0 Å². The first kappa shape index (κ1) is 14.0. The number of rotatable bonds is 4. The summed E-state index contributed by atoms with van der Waals surface area (Å²) < 4.78 is 27.0. The maximum Gasteiger partial charge on any atom is 0.244 e. The van der Waals surface area contributed by atoms with Gasteiger partial charge in [0.15, 0.2) is 0 Å². The minimum atomic E-state index is -3.68. The highest BCUT2D eigenvalue weighted by molar-refractivity contribution is 7.89. The average Bonchev–Trinajstić information content (AvgIpc) is 2.39. The second-order valence-electron chi connectivity index (χ2n) is 4.06. The molecule has 0 amide bonds. The van der Waals surface area contributed by atoms with Crippen LogP contribution in [0.2, 0.25) is 5.02 Å². The summed E-state index contributed by atoms with van der Waals surface area (Å²) in [6.07, 6.45) is 2.68. The van der Waals surface area contributed by atoms with Crippen LogP contribution in [0.25, 0.3) is 0 Å². The van der Waals surface area contributed by atoms with Gasteiger partial charge in [0.25, 0.3) is 0 Å². The van der Waals surface area contributed by atoms with Gasteiger partial charge in [-0.3, -0.25) is 4.98 Å². The van der Waals surface area contributed by atoms with Crippen molar-refractivity contribution in [3.05, 3.63) is 59.4 Å². The van der Waals surface area contributed by atoms with Crippen LogP contribution in [-0.4, -0.2) is 13.4 Å². The minimum Gasteiger partial charge on any atom is -0.263 e. The van der Waals surface area contributed by atoms with Gasteiger partial charge in [-0.15, -0.1) is 0 Å². The molecule has 0 aliphatic carbocycles. The van der Waals surface area contributed by atoms with Crippen molar-refractivity contribution in [3.63, 3.8) is 0 Å². The van der Waals surface area contributed by atoms with Crippen LogP contribution >= 0.6 is 11.6 Å². The lowest BCUT2D eigenvalue weighted by Crippen LogP contribution is -2.27. The molecule has 4 nitrogen and oxygen atoms in total. The zero-order valence-electron chi connectivity index (χ0n) is 10.2. The summed E-state index contributed by atoms with van der Waals surface area (Å²) in [6, 6.07) is 10.4. The zero-order chi connectivity index (χ0) is 13.9. The number of aromatic nitrogens is 1. The highest BCUT2D eigenvalue weighted by Crippen LogP contribution is 2.21. The van der Waals surface area contributed by atoms with Gasteiger partial charge in [-0.25, -0.2) is 13.1 Å². The van der Waals surface area contributed by atoms with Gasteiger partial charge >= 0.3 is 0 Å². The van der Waals surface area contributed by atoms with Gasteiger partial charge in [0.05, 0.1) is 5.02 Å². The lowest BCUT2D eigenvalue weighted by Gasteiger charge is -2.15. The second-order valence-corrected chi connectivity index (χ2v) is 6.15. The Balaban J connectivity index is 2.26. The predicted molar refractivity (Wildman–Crippen MR) is 74.4 cm³/mol. The standard InChI is InChI=1S/C13H13ClN2O2S/c1-10(11-5-3-2-4-6-11)16-19(17,18)13-9-15-8-7-12(13)14/h2-10,16H,1H3/t10-/m1/s1. The number of pyridine rings is 1. The van der Waals surface area contributed by atoms with Gasteiger partial charge in [-0.1, -0.05) is 41.9 Å². The molecule has 0 bridgehead atoms. The number of benzene rings is 1. The first-order valence-corrected chi connectivity index (χ1v) is 7.53. The molecule has 0 aliphatic rings. The Morgan fingerprint density at radius 1 is 1.21 bits per heavy atom. The van der Waals surface area contributed by atoms with E-state index >= 15 is 0 Å². The smallest absolute Gasteiger partial charge is 0.244 e. The van der Waals surface area contributed by atoms with Crippen molar-refractivity contribution in [2.45, 2.75) is 17.9 Å². The molecule has 0 radical (unpaired) electrons. The molecule has 0 saturated heterocycles. The molecule has 0 aliphatic heterocycles. The van der Waals surface area contributed by atoms with E-state index in [1.807, 2.05) is 30.3 Å². The SMILES string of the molecule is C[C@@H](NS(=O)(=O)c1cnccc1Cl)c1ccccc1. The van der Waals surface area contributed by atoms with Crippen LogP contribution in [0.15, 0.2) is 53.7 Å². The number of halogens is 1. The van der Waals surface area contributed by atoms with Crippen molar-refractivity contribution >= 4 is 21.6 Å². The number of sulfonamides is 1. The fourth-order valence-corrected chi connectivity index (χ4v) is 3.33. The minimum absolute atomic E-state index is 0.0144. The summed E-state index contributed by atoms with van der Waals surface area (Å²) in [7, 11) is -3.68. The van der Waals surface area contributed by atoms with Crippen LogP contribution in [0.5, 0.6) is 0 Å². The molecular formula is C13H13ClN2O2S. The van der Waals surface area contributed by atoms with Crippen molar-refractivity contribution in [1.29, 1.82) is 0 Å². The van der Waals surface area contributed by atoms with E-state index in [0.29, 0.717) is 0 Å². The number of nitrogens with one attached hydrogen (secondary N) is 1. The fourth-order valence-electron chi connectivity index (χ4n) is 1.67. The maximum atomic E-state index is 12.2. The molecule has 0 saturated carbocycles. The molecule has 0 spiro atoms. The molecule has 6 heteroatoms. The molecule has 0 fully saturated rings. The van der Waals surface area contributed by atoms with Crippen molar-refractivity contribution < 1.29 is 8.42 Å². The van der Waals surface area contributed by atoms with Crippen molar-refractivity contribution in [2.75, 3.05) is 0 Å². The summed E-state index contributed by atoms with van der Waals surface area (Å²) in [6.45, 7) is 1.77. The van der Waals surface area contributed by atoms with Gasteiger partial charge < -0.3 is 0 Å². The third kappa shape index (κ3) is 3.32. The largest absolute Gasteiger partial charge is 0.263 e. The van der Waals surface area contributed by atoms with E-state index in [1.54, 1.807) is 6.92 Å². The first-order chi connectivity index (χ1) is 9.00. The first-order valence-electron chi connectivity index (χ1n) is 5.67. The molecule has 1 heterocycles. The molecule has 1 atom stereocenters. The van der Waals surface area contributed by atoms with Crippen molar-refractivity contribution in [2.24, 2.45) is 0 Å². The quantitative estimate of drug-likeness (QED) is 0.944. The molecule has 100 valence electrons. The Labute approximate surface area is 117 Å². The Kier molecular flexibility index (Phi) is 4.19. The number of hydrogen-bond donors (Lipinski definition) is 1. The van der Waals surface area contributed by atoms with Crippen LogP contribution in [0.4, 0.5) is 0 Å². The topological polar surface area (TPSA) is 59.1 Å². The van der Waals surface area contributed by atoms with Crippen LogP contribution in [0.1, 0.15) is 18.5 Å². The average molecular weight is 297 g/mol. The summed E-state index contributed by atoms with van der Waals surface area (Å²) in [5.41, 5.74) is 0.881. The molecule has 1 aromatic carbocycles. The molecular weight excluding hydrogens is 284 g/mol. The lowest BCUT2D eigenvalue weighted by molar-refractivity contribution is 0.566. The second kappa shape index (κ2) is 5.69. The van der Waals surface area contributed by atoms with Crippen LogP contribution < -0.4 is 4.72 Å².